The predicted molar refractivity (Wildman–Crippen MR) is 141 cm³/mol. The smallest absolute Gasteiger partial charge is 0.213 e. The highest BCUT2D eigenvalue weighted by atomic mass is 32.2. The summed E-state index contributed by atoms with van der Waals surface area (Å²) in [5.41, 5.74) is 13.6. The van der Waals surface area contributed by atoms with Gasteiger partial charge in [-0.15, -0.1) is 0 Å². The van der Waals surface area contributed by atoms with Gasteiger partial charge in [-0.1, -0.05) is 19.6 Å². The zero-order valence-electron chi connectivity index (χ0n) is 21.1. The third kappa shape index (κ3) is 4.71. The van der Waals surface area contributed by atoms with Crippen molar-refractivity contribution in [2.75, 3.05) is 36.9 Å². The average molecular weight is 532 g/mol. The van der Waals surface area contributed by atoms with Crippen molar-refractivity contribution in [3.63, 3.8) is 0 Å². The van der Waals surface area contributed by atoms with Crippen molar-refractivity contribution in [1.82, 2.24) is 28.6 Å². The fourth-order valence-electron chi connectivity index (χ4n) is 4.36. The number of hydrogen-bond donors (Lipinski definition) is 2. The first-order chi connectivity index (χ1) is 16.9. The summed E-state index contributed by atoms with van der Waals surface area (Å²) in [4.78, 5) is 8.88. The highest BCUT2D eigenvalue weighted by Crippen LogP contribution is 2.41. The van der Waals surface area contributed by atoms with Crippen LogP contribution in [0.2, 0.25) is 25.7 Å². The van der Waals surface area contributed by atoms with Crippen molar-refractivity contribution in [2.24, 2.45) is 0 Å². The minimum Gasteiger partial charge on any atom is -0.383 e. The summed E-state index contributed by atoms with van der Waals surface area (Å²) < 4.78 is 35.2. The lowest BCUT2D eigenvalue weighted by Crippen LogP contribution is -2.64. The van der Waals surface area contributed by atoms with E-state index in [0.717, 1.165) is 11.4 Å². The van der Waals surface area contributed by atoms with Crippen molar-refractivity contribution in [2.45, 2.75) is 51.3 Å². The molecule has 3 aromatic rings. The third-order valence-electron chi connectivity index (χ3n) is 6.52. The van der Waals surface area contributed by atoms with E-state index in [1.807, 2.05) is 16.8 Å². The SMILES string of the molecule is CCS(=O)(=O)N1CC(CC#N)(n2nc(N)c(-c3ncnc4c3ccn4COCC[Si](C)(C)C)c2N)C1. The number of nitrogens with two attached hydrogens (primary N) is 2. The van der Waals surface area contributed by atoms with Crippen molar-refractivity contribution in [3.8, 4) is 17.3 Å². The summed E-state index contributed by atoms with van der Waals surface area (Å²) >= 11 is 0. The van der Waals surface area contributed by atoms with Crippen LogP contribution in [0.25, 0.3) is 22.3 Å². The number of ether oxygens (including phenoxy) is 1. The molecule has 0 bridgehead atoms. The van der Waals surface area contributed by atoms with Gasteiger partial charge in [0, 0.05) is 39.4 Å². The first-order valence-corrected chi connectivity index (χ1v) is 17.1. The Bertz CT molecular complexity index is 1410. The number of anilines is 2. The second-order valence-electron chi connectivity index (χ2n) is 10.4. The first-order valence-electron chi connectivity index (χ1n) is 11.8. The summed E-state index contributed by atoms with van der Waals surface area (Å²) in [5.74, 6) is 0.367. The fourth-order valence-corrected chi connectivity index (χ4v) is 6.35. The van der Waals surface area contributed by atoms with Crippen LogP contribution >= 0.6 is 0 Å². The molecule has 4 heterocycles. The molecule has 1 aliphatic rings. The Balaban J connectivity index is 1.66. The van der Waals surface area contributed by atoms with E-state index in [1.165, 1.54) is 15.3 Å². The van der Waals surface area contributed by atoms with E-state index >= 15 is 0 Å². The molecule has 194 valence electrons. The average Bonchev–Trinajstić information content (AvgIpc) is 3.33. The molecule has 36 heavy (non-hydrogen) atoms. The Labute approximate surface area is 211 Å². The summed E-state index contributed by atoms with van der Waals surface area (Å²) in [5, 5.41) is 14.7. The number of hydrogen-bond acceptors (Lipinski definition) is 9. The summed E-state index contributed by atoms with van der Waals surface area (Å²) in [6, 6.07) is 5.09. The van der Waals surface area contributed by atoms with Crippen LogP contribution in [-0.4, -0.2) is 70.6 Å². The topological polar surface area (TPSA) is 171 Å². The maximum Gasteiger partial charge on any atom is 0.213 e. The van der Waals surface area contributed by atoms with Gasteiger partial charge in [0.2, 0.25) is 10.0 Å². The number of sulfonamides is 1. The van der Waals surface area contributed by atoms with E-state index in [4.69, 9.17) is 16.2 Å². The molecule has 1 fully saturated rings. The van der Waals surface area contributed by atoms with Crippen LogP contribution in [0.1, 0.15) is 13.3 Å². The Hall–Kier alpha value is -2.99. The molecule has 4 N–H and O–H groups in total. The molecule has 12 nitrogen and oxygen atoms in total. The van der Waals surface area contributed by atoms with Crippen LogP contribution in [0, 0.1) is 11.3 Å². The zero-order valence-corrected chi connectivity index (χ0v) is 22.9. The molecule has 0 saturated carbocycles. The molecule has 14 heteroatoms. The Kier molecular flexibility index (Phi) is 6.86. The maximum absolute atomic E-state index is 12.3. The molecule has 0 atom stereocenters. The summed E-state index contributed by atoms with van der Waals surface area (Å²) in [7, 11) is -4.58. The lowest BCUT2D eigenvalue weighted by atomic mass is 9.89. The van der Waals surface area contributed by atoms with E-state index in [-0.39, 0.29) is 36.9 Å². The third-order valence-corrected chi connectivity index (χ3v) is 10.0. The fraction of sp³-hybridized carbons (Fsp3) is 0.545. The van der Waals surface area contributed by atoms with E-state index in [9.17, 15) is 13.7 Å². The summed E-state index contributed by atoms with van der Waals surface area (Å²) in [6.45, 7) is 9.76. The predicted octanol–water partition coefficient (Wildman–Crippen LogP) is 2.05. The summed E-state index contributed by atoms with van der Waals surface area (Å²) in [6.07, 6.45) is 3.36. The lowest BCUT2D eigenvalue weighted by molar-refractivity contribution is 0.0745. The van der Waals surface area contributed by atoms with E-state index in [2.05, 4.69) is 40.8 Å². The molecule has 1 aliphatic heterocycles. The monoisotopic (exact) mass is 531 g/mol. The molecular formula is C22H33N9O3SSi. The molecule has 1 saturated heterocycles. The highest BCUT2D eigenvalue weighted by Gasteiger charge is 2.51. The van der Waals surface area contributed by atoms with Crippen molar-refractivity contribution in [1.29, 1.82) is 5.26 Å². The number of nitrogens with zero attached hydrogens (tertiary/aromatic N) is 7. The quantitative estimate of drug-likeness (QED) is 0.293. The number of rotatable bonds is 10. The van der Waals surface area contributed by atoms with Crippen LogP contribution in [0.3, 0.4) is 0 Å². The molecule has 3 aromatic heterocycles. The first kappa shape index (κ1) is 26.1. The number of nitriles is 1. The van der Waals surface area contributed by atoms with Crippen LogP contribution in [0.15, 0.2) is 18.6 Å². The number of nitrogen functional groups attached to an aromatic ring is 2. The standard InChI is InChI=1S/C22H33N9O3SSi/c1-5-35(32,33)30-12-22(13-30,7-8-23)31-20(25)17(19(24)28-31)18-16-6-9-29(21(16)27-14-26-18)15-34-10-11-36(2,3)4/h6,9,14H,5,7,10-13,15,25H2,1-4H3,(H2,24,28). The Morgan fingerprint density at radius 3 is 2.61 bits per heavy atom. The molecule has 0 amide bonds. The van der Waals surface area contributed by atoms with Crippen molar-refractivity contribution in [3.05, 3.63) is 18.6 Å². The van der Waals surface area contributed by atoms with Gasteiger partial charge in [-0.05, 0) is 19.0 Å². The highest BCUT2D eigenvalue weighted by molar-refractivity contribution is 7.89. The Morgan fingerprint density at radius 2 is 1.97 bits per heavy atom. The van der Waals surface area contributed by atoms with Gasteiger partial charge < -0.3 is 20.8 Å². The second kappa shape index (κ2) is 9.47. The lowest BCUT2D eigenvalue weighted by Gasteiger charge is -2.48. The van der Waals surface area contributed by atoms with Gasteiger partial charge >= 0.3 is 0 Å². The number of fused-ring (bicyclic) bond motifs is 1. The van der Waals surface area contributed by atoms with Gasteiger partial charge in [-0.25, -0.2) is 23.1 Å². The van der Waals surface area contributed by atoms with Gasteiger partial charge in [-0.3, -0.25) is 0 Å². The Morgan fingerprint density at radius 1 is 1.25 bits per heavy atom. The van der Waals surface area contributed by atoms with Crippen LogP contribution in [0.4, 0.5) is 11.6 Å². The van der Waals surface area contributed by atoms with Crippen molar-refractivity contribution < 1.29 is 13.2 Å². The minimum atomic E-state index is -3.39. The minimum absolute atomic E-state index is 0.0185. The van der Waals surface area contributed by atoms with Crippen LogP contribution in [-0.2, 0) is 27.0 Å². The molecular weight excluding hydrogens is 498 g/mol. The maximum atomic E-state index is 12.3. The van der Waals surface area contributed by atoms with E-state index in [1.54, 1.807) is 6.92 Å². The van der Waals surface area contributed by atoms with Crippen LogP contribution < -0.4 is 11.5 Å². The van der Waals surface area contributed by atoms with Gasteiger partial charge in [0.05, 0.1) is 29.5 Å². The number of aromatic nitrogens is 5. The van der Waals surface area contributed by atoms with E-state index in [0.29, 0.717) is 30.2 Å². The van der Waals surface area contributed by atoms with Crippen molar-refractivity contribution >= 4 is 40.8 Å². The molecule has 4 rings (SSSR count). The molecule has 0 aliphatic carbocycles. The largest absolute Gasteiger partial charge is 0.383 e. The van der Waals surface area contributed by atoms with E-state index < -0.39 is 23.6 Å². The zero-order chi connectivity index (χ0) is 26.3. The normalized spacial score (nSPS) is 16.2. The van der Waals surface area contributed by atoms with Gasteiger partial charge in [0.1, 0.15) is 30.1 Å². The molecule has 0 unspecified atom stereocenters. The molecule has 0 spiro atoms. The van der Waals surface area contributed by atoms with Gasteiger partial charge in [-0.2, -0.15) is 14.7 Å². The molecule has 0 aromatic carbocycles. The second-order valence-corrected chi connectivity index (χ2v) is 18.3. The van der Waals surface area contributed by atoms with Crippen LogP contribution in [0.5, 0.6) is 0 Å². The van der Waals surface area contributed by atoms with Gasteiger partial charge in [0.25, 0.3) is 0 Å². The molecule has 0 radical (unpaired) electrons. The van der Waals surface area contributed by atoms with Gasteiger partial charge in [0.15, 0.2) is 5.82 Å².